The summed E-state index contributed by atoms with van der Waals surface area (Å²) in [5.74, 6) is 0.879. The fraction of sp³-hybridized carbons (Fsp3) is 0.231. The summed E-state index contributed by atoms with van der Waals surface area (Å²) in [6.07, 6.45) is 1.12. The van der Waals surface area contributed by atoms with Gasteiger partial charge in [0.25, 0.3) is 0 Å². The maximum absolute atomic E-state index is 5.38. The second kappa shape index (κ2) is 8.33. The fourth-order valence-corrected chi connectivity index (χ4v) is 5.32. The molecule has 5 heteroatoms. The van der Waals surface area contributed by atoms with Gasteiger partial charge in [-0.15, -0.1) is 0 Å². The lowest BCUT2D eigenvalue weighted by Gasteiger charge is -2.33. The number of fused-ring (bicyclic) bond motifs is 3. The topological polar surface area (TPSA) is 31.5 Å². The minimum atomic E-state index is 0.879. The third-order valence-corrected chi connectivity index (χ3v) is 6.86. The summed E-state index contributed by atoms with van der Waals surface area (Å²) in [6, 6.07) is 23.9. The van der Waals surface area contributed by atoms with Crippen LogP contribution in [0.1, 0.15) is 6.42 Å². The summed E-state index contributed by atoms with van der Waals surface area (Å²) in [5, 5.41) is 1.16. The number of H-pyrrole nitrogens is 1. The molecule has 0 fully saturated rings. The molecule has 1 aliphatic heterocycles. The SMILES string of the molecule is COc1ccc2[nH]c(-c3ccc4c(c3)Sc3ccccc3N4CCCN(C)C)cc2c1. The van der Waals surface area contributed by atoms with E-state index in [1.807, 2.05) is 17.8 Å². The molecule has 0 radical (unpaired) electrons. The number of hydrogen-bond acceptors (Lipinski definition) is 4. The van der Waals surface area contributed by atoms with Gasteiger partial charge in [0, 0.05) is 32.9 Å². The van der Waals surface area contributed by atoms with Crippen LogP contribution in [0.2, 0.25) is 0 Å². The van der Waals surface area contributed by atoms with Crippen molar-refractivity contribution in [3.05, 3.63) is 66.7 Å². The molecule has 158 valence electrons. The van der Waals surface area contributed by atoms with Crippen molar-refractivity contribution in [1.29, 1.82) is 0 Å². The van der Waals surface area contributed by atoms with Gasteiger partial charge in [-0.25, -0.2) is 0 Å². The number of para-hydroxylation sites is 1. The number of rotatable bonds is 6. The number of aromatic nitrogens is 1. The van der Waals surface area contributed by atoms with E-state index in [1.165, 1.54) is 26.7 Å². The Balaban J connectivity index is 1.51. The molecular weight excluding hydrogens is 402 g/mol. The molecule has 31 heavy (non-hydrogen) atoms. The Kier molecular flexibility index (Phi) is 5.38. The first-order valence-corrected chi connectivity index (χ1v) is 11.4. The Hall–Kier alpha value is -2.89. The van der Waals surface area contributed by atoms with Crippen molar-refractivity contribution >= 4 is 34.0 Å². The first kappa shape index (κ1) is 20.0. The molecule has 1 aliphatic rings. The van der Waals surface area contributed by atoms with Crippen LogP contribution in [0.15, 0.2) is 76.5 Å². The summed E-state index contributed by atoms with van der Waals surface area (Å²) in [6.45, 7) is 2.09. The van der Waals surface area contributed by atoms with Gasteiger partial charge in [-0.3, -0.25) is 0 Å². The molecule has 5 rings (SSSR count). The zero-order valence-electron chi connectivity index (χ0n) is 18.2. The van der Waals surface area contributed by atoms with Crippen molar-refractivity contribution < 1.29 is 4.74 Å². The first-order valence-electron chi connectivity index (χ1n) is 10.6. The summed E-state index contributed by atoms with van der Waals surface area (Å²) in [7, 11) is 5.98. The Morgan fingerprint density at radius 2 is 1.77 bits per heavy atom. The fourth-order valence-electron chi connectivity index (χ4n) is 4.18. The van der Waals surface area contributed by atoms with Gasteiger partial charge in [-0.1, -0.05) is 30.0 Å². The van der Waals surface area contributed by atoms with E-state index in [2.05, 4.69) is 89.5 Å². The van der Waals surface area contributed by atoms with E-state index in [0.29, 0.717) is 0 Å². The summed E-state index contributed by atoms with van der Waals surface area (Å²) in [4.78, 5) is 10.9. The normalized spacial score (nSPS) is 12.8. The van der Waals surface area contributed by atoms with Gasteiger partial charge in [-0.05, 0) is 81.2 Å². The first-order chi connectivity index (χ1) is 15.1. The summed E-state index contributed by atoms with van der Waals surface area (Å²) >= 11 is 1.86. The smallest absolute Gasteiger partial charge is 0.119 e. The van der Waals surface area contributed by atoms with Crippen LogP contribution in [0, 0.1) is 0 Å². The van der Waals surface area contributed by atoms with Crippen molar-refractivity contribution in [2.75, 3.05) is 39.2 Å². The number of methoxy groups -OCH3 is 1. The maximum atomic E-state index is 5.38. The van der Waals surface area contributed by atoms with Gasteiger partial charge in [0.2, 0.25) is 0 Å². The third-order valence-electron chi connectivity index (χ3n) is 5.75. The van der Waals surface area contributed by atoms with E-state index >= 15 is 0 Å². The van der Waals surface area contributed by atoms with Crippen molar-refractivity contribution in [3.8, 4) is 17.0 Å². The van der Waals surface area contributed by atoms with Gasteiger partial charge in [0.15, 0.2) is 0 Å². The minimum absolute atomic E-state index is 0.879. The Labute approximate surface area is 187 Å². The molecule has 3 aromatic carbocycles. The Morgan fingerprint density at radius 3 is 2.61 bits per heavy atom. The highest BCUT2D eigenvalue weighted by Crippen LogP contribution is 2.49. The molecule has 0 bridgehead atoms. The number of nitrogens with one attached hydrogen (secondary N) is 1. The monoisotopic (exact) mass is 429 g/mol. The van der Waals surface area contributed by atoms with Crippen molar-refractivity contribution in [2.24, 2.45) is 0 Å². The highest BCUT2D eigenvalue weighted by atomic mass is 32.2. The second-order valence-electron chi connectivity index (χ2n) is 8.20. The lowest BCUT2D eigenvalue weighted by Crippen LogP contribution is -2.25. The zero-order chi connectivity index (χ0) is 21.4. The quantitative estimate of drug-likeness (QED) is 0.384. The number of ether oxygens (including phenoxy) is 1. The van der Waals surface area contributed by atoms with Crippen molar-refractivity contribution in [1.82, 2.24) is 9.88 Å². The minimum Gasteiger partial charge on any atom is -0.497 e. The standard InChI is InChI=1S/C26H27N3OS/c1-28(2)13-6-14-29-23-7-4-5-8-25(23)31-26-17-18(9-12-24(26)29)22-16-19-15-20(30-3)10-11-21(19)27-22/h4-5,7-12,15-17,27H,6,13-14H2,1-3H3. The van der Waals surface area contributed by atoms with Crippen LogP contribution < -0.4 is 9.64 Å². The molecule has 0 unspecified atom stereocenters. The highest BCUT2D eigenvalue weighted by molar-refractivity contribution is 7.99. The molecule has 1 aromatic heterocycles. The van der Waals surface area contributed by atoms with Crippen LogP contribution in [0.3, 0.4) is 0 Å². The molecule has 2 heterocycles. The largest absolute Gasteiger partial charge is 0.497 e. The molecule has 0 aliphatic carbocycles. The molecule has 1 N–H and O–H groups in total. The maximum Gasteiger partial charge on any atom is 0.119 e. The predicted molar refractivity (Wildman–Crippen MR) is 131 cm³/mol. The van der Waals surface area contributed by atoms with E-state index in [0.717, 1.165) is 41.9 Å². The third kappa shape index (κ3) is 3.91. The number of anilines is 2. The molecule has 0 atom stereocenters. The van der Waals surface area contributed by atoms with Crippen molar-refractivity contribution in [2.45, 2.75) is 16.2 Å². The van der Waals surface area contributed by atoms with Crippen LogP contribution in [0.5, 0.6) is 5.75 Å². The van der Waals surface area contributed by atoms with Crippen LogP contribution >= 0.6 is 11.8 Å². The van der Waals surface area contributed by atoms with Gasteiger partial charge in [0.05, 0.1) is 18.5 Å². The molecule has 0 amide bonds. The summed E-state index contributed by atoms with van der Waals surface area (Å²) in [5.41, 5.74) is 6.06. The lowest BCUT2D eigenvalue weighted by atomic mass is 10.1. The van der Waals surface area contributed by atoms with E-state index in [-0.39, 0.29) is 0 Å². The van der Waals surface area contributed by atoms with E-state index in [9.17, 15) is 0 Å². The van der Waals surface area contributed by atoms with E-state index in [1.54, 1.807) is 7.11 Å². The van der Waals surface area contributed by atoms with Crippen molar-refractivity contribution in [3.63, 3.8) is 0 Å². The molecule has 0 saturated heterocycles. The Bertz CT molecular complexity index is 1230. The van der Waals surface area contributed by atoms with E-state index in [4.69, 9.17) is 4.74 Å². The summed E-state index contributed by atoms with van der Waals surface area (Å²) < 4.78 is 5.38. The van der Waals surface area contributed by atoms with Crippen LogP contribution in [0.4, 0.5) is 11.4 Å². The Morgan fingerprint density at radius 1 is 0.935 bits per heavy atom. The van der Waals surface area contributed by atoms with Crippen LogP contribution in [-0.4, -0.2) is 44.2 Å². The van der Waals surface area contributed by atoms with E-state index < -0.39 is 0 Å². The average molecular weight is 430 g/mol. The number of hydrogen-bond donors (Lipinski definition) is 1. The number of nitrogens with zero attached hydrogens (tertiary/aromatic N) is 2. The molecular formula is C26H27N3OS. The van der Waals surface area contributed by atoms with Gasteiger partial charge >= 0.3 is 0 Å². The molecule has 4 nitrogen and oxygen atoms in total. The van der Waals surface area contributed by atoms with Gasteiger partial charge < -0.3 is 19.5 Å². The highest BCUT2D eigenvalue weighted by Gasteiger charge is 2.23. The number of aromatic amines is 1. The van der Waals surface area contributed by atoms with Gasteiger partial charge in [-0.2, -0.15) is 0 Å². The van der Waals surface area contributed by atoms with Crippen LogP contribution in [-0.2, 0) is 0 Å². The average Bonchev–Trinajstić information content (AvgIpc) is 3.21. The lowest BCUT2D eigenvalue weighted by molar-refractivity contribution is 0.402. The zero-order valence-corrected chi connectivity index (χ0v) is 19.0. The second-order valence-corrected chi connectivity index (χ2v) is 9.28. The molecule has 0 saturated carbocycles. The molecule has 4 aromatic rings. The van der Waals surface area contributed by atoms with Gasteiger partial charge in [0.1, 0.15) is 5.75 Å². The number of benzene rings is 3. The van der Waals surface area contributed by atoms with Crippen LogP contribution in [0.25, 0.3) is 22.2 Å². The predicted octanol–water partition coefficient (Wildman–Crippen LogP) is 6.40. The molecule has 0 spiro atoms.